The van der Waals surface area contributed by atoms with Crippen LogP contribution in [0.5, 0.6) is 0 Å². The number of rotatable bonds is 5. The molecule has 1 rings (SSSR count). The molecular formula is C11H18O3. The summed E-state index contributed by atoms with van der Waals surface area (Å²) < 4.78 is 4.58. The number of carbonyl (C=O) groups is 1. The van der Waals surface area contributed by atoms with Crippen molar-refractivity contribution in [2.45, 2.75) is 39.0 Å². The van der Waals surface area contributed by atoms with E-state index < -0.39 is 5.97 Å². The molecule has 0 fully saturated rings. The molecular weight excluding hydrogens is 180 g/mol. The van der Waals surface area contributed by atoms with E-state index in [0.29, 0.717) is 6.42 Å². The second-order valence-corrected chi connectivity index (χ2v) is 3.00. The number of hydrogen-bond donors (Lipinski definition) is 1. The van der Waals surface area contributed by atoms with E-state index in [2.05, 4.69) is 11.3 Å². The summed E-state index contributed by atoms with van der Waals surface area (Å²) in [7, 11) is 0. The lowest BCUT2D eigenvalue weighted by atomic mass is 10.2. The fourth-order valence-electron chi connectivity index (χ4n) is 0.930. The van der Waals surface area contributed by atoms with Gasteiger partial charge in [-0.1, -0.05) is 26.2 Å². The van der Waals surface area contributed by atoms with E-state index in [1.54, 1.807) is 12.5 Å². The van der Waals surface area contributed by atoms with Crippen molar-refractivity contribution in [2.24, 2.45) is 0 Å². The maximum atomic E-state index is 9.96. The number of hydrogen-bond acceptors (Lipinski definition) is 2. The normalized spacial score (nSPS) is 8.93. The second kappa shape index (κ2) is 9.84. The highest BCUT2D eigenvalue weighted by atomic mass is 16.4. The molecule has 1 aromatic heterocycles. The van der Waals surface area contributed by atoms with Gasteiger partial charge in [-0.05, 0) is 18.6 Å². The molecule has 0 atom stereocenters. The smallest absolute Gasteiger partial charge is 0.303 e. The third-order valence-corrected chi connectivity index (χ3v) is 1.67. The van der Waals surface area contributed by atoms with E-state index >= 15 is 0 Å². The predicted octanol–water partition coefficient (Wildman–Crippen LogP) is 3.32. The van der Waals surface area contributed by atoms with Crippen LogP contribution in [0, 0.1) is 0 Å². The summed E-state index contributed by atoms with van der Waals surface area (Å²) in [5.74, 6) is -0.675. The lowest BCUT2D eigenvalue weighted by molar-refractivity contribution is -0.137. The van der Waals surface area contributed by atoms with Gasteiger partial charge in [0.25, 0.3) is 0 Å². The first-order valence-electron chi connectivity index (χ1n) is 4.96. The zero-order valence-electron chi connectivity index (χ0n) is 8.61. The molecule has 0 aliphatic rings. The molecule has 0 bridgehead atoms. The molecule has 1 aromatic rings. The molecule has 0 radical (unpaired) electrons. The van der Waals surface area contributed by atoms with Crippen LogP contribution < -0.4 is 0 Å². The molecule has 1 N–H and O–H groups in total. The van der Waals surface area contributed by atoms with E-state index in [0.717, 1.165) is 19.3 Å². The standard InChI is InChI=1S/C7H14O2.C4H4O/c1-2-3-4-5-6-7(8)9;1-2-4-5-3-1/h2-6H2,1H3,(H,8,9);1-4H. The minimum Gasteiger partial charge on any atom is -0.481 e. The highest BCUT2D eigenvalue weighted by molar-refractivity contribution is 5.66. The van der Waals surface area contributed by atoms with Crippen molar-refractivity contribution in [3.63, 3.8) is 0 Å². The number of aliphatic carboxylic acids is 1. The molecule has 3 heteroatoms. The molecule has 0 aromatic carbocycles. The van der Waals surface area contributed by atoms with Crippen LogP contribution in [0.15, 0.2) is 29.1 Å². The fourth-order valence-corrected chi connectivity index (χ4v) is 0.930. The van der Waals surface area contributed by atoms with E-state index in [4.69, 9.17) is 5.11 Å². The van der Waals surface area contributed by atoms with Gasteiger partial charge in [-0.15, -0.1) is 0 Å². The van der Waals surface area contributed by atoms with E-state index in [1.165, 1.54) is 6.42 Å². The quantitative estimate of drug-likeness (QED) is 0.738. The predicted molar refractivity (Wildman–Crippen MR) is 55.1 cm³/mol. The lowest BCUT2D eigenvalue weighted by Gasteiger charge is -1.92. The molecule has 0 amide bonds. The summed E-state index contributed by atoms with van der Waals surface area (Å²) in [4.78, 5) is 9.96. The van der Waals surface area contributed by atoms with Gasteiger partial charge in [-0.25, -0.2) is 0 Å². The summed E-state index contributed by atoms with van der Waals surface area (Å²) in [6, 6.07) is 3.67. The topological polar surface area (TPSA) is 50.4 Å². The van der Waals surface area contributed by atoms with Crippen LogP contribution in [0.4, 0.5) is 0 Å². The fraction of sp³-hybridized carbons (Fsp3) is 0.545. The molecule has 0 saturated carbocycles. The maximum Gasteiger partial charge on any atom is 0.303 e. The largest absolute Gasteiger partial charge is 0.481 e. The third kappa shape index (κ3) is 10.8. The van der Waals surface area contributed by atoms with E-state index in [1.807, 2.05) is 12.1 Å². The number of unbranched alkanes of at least 4 members (excludes halogenated alkanes) is 3. The minimum absolute atomic E-state index is 0.333. The van der Waals surface area contributed by atoms with Crippen molar-refractivity contribution >= 4 is 5.97 Å². The Morgan fingerprint density at radius 3 is 2.21 bits per heavy atom. The molecule has 0 aliphatic heterocycles. The van der Waals surface area contributed by atoms with Crippen molar-refractivity contribution < 1.29 is 14.3 Å². The molecule has 0 aliphatic carbocycles. The van der Waals surface area contributed by atoms with Gasteiger partial charge in [0.2, 0.25) is 0 Å². The van der Waals surface area contributed by atoms with Gasteiger partial charge in [0.15, 0.2) is 0 Å². The van der Waals surface area contributed by atoms with Crippen molar-refractivity contribution in [1.82, 2.24) is 0 Å². The van der Waals surface area contributed by atoms with Crippen LogP contribution >= 0.6 is 0 Å². The van der Waals surface area contributed by atoms with E-state index in [-0.39, 0.29) is 0 Å². The molecule has 80 valence electrons. The Bertz CT molecular complexity index is 187. The van der Waals surface area contributed by atoms with Crippen molar-refractivity contribution in [2.75, 3.05) is 0 Å². The van der Waals surface area contributed by atoms with Crippen molar-refractivity contribution in [1.29, 1.82) is 0 Å². The van der Waals surface area contributed by atoms with Gasteiger partial charge in [0, 0.05) is 6.42 Å². The Kier molecular flexibility index (Phi) is 8.96. The molecule has 0 spiro atoms. The summed E-state index contributed by atoms with van der Waals surface area (Å²) >= 11 is 0. The van der Waals surface area contributed by atoms with Gasteiger partial charge in [0.05, 0.1) is 12.5 Å². The van der Waals surface area contributed by atoms with Gasteiger partial charge in [-0.3, -0.25) is 4.79 Å². The summed E-state index contributed by atoms with van der Waals surface area (Å²) in [6.45, 7) is 2.11. The average Bonchev–Trinajstić information content (AvgIpc) is 2.70. The highest BCUT2D eigenvalue weighted by Crippen LogP contribution is 2.01. The van der Waals surface area contributed by atoms with Crippen LogP contribution in [0.1, 0.15) is 39.0 Å². The zero-order valence-corrected chi connectivity index (χ0v) is 8.61. The van der Waals surface area contributed by atoms with Crippen LogP contribution in [0.2, 0.25) is 0 Å². The first-order valence-corrected chi connectivity index (χ1v) is 4.96. The average molecular weight is 198 g/mol. The van der Waals surface area contributed by atoms with Gasteiger partial charge in [0.1, 0.15) is 0 Å². The Morgan fingerprint density at radius 2 is 1.86 bits per heavy atom. The number of carboxylic acid groups (broad SMARTS) is 1. The van der Waals surface area contributed by atoms with Gasteiger partial charge >= 0.3 is 5.97 Å². The Balaban J connectivity index is 0.000000280. The lowest BCUT2D eigenvalue weighted by Crippen LogP contribution is -1.92. The monoisotopic (exact) mass is 198 g/mol. The Hall–Kier alpha value is -1.25. The first kappa shape index (κ1) is 12.8. The molecule has 0 saturated heterocycles. The van der Waals surface area contributed by atoms with Crippen LogP contribution in [0.25, 0.3) is 0 Å². The first-order chi connectivity index (χ1) is 6.77. The molecule has 1 heterocycles. The van der Waals surface area contributed by atoms with E-state index in [9.17, 15) is 4.79 Å². The van der Waals surface area contributed by atoms with Crippen LogP contribution in [-0.2, 0) is 4.79 Å². The number of furan rings is 1. The summed E-state index contributed by atoms with van der Waals surface area (Å²) in [5, 5.41) is 8.21. The van der Waals surface area contributed by atoms with Gasteiger partial charge in [-0.2, -0.15) is 0 Å². The summed E-state index contributed by atoms with van der Waals surface area (Å²) in [5.41, 5.74) is 0. The second-order valence-electron chi connectivity index (χ2n) is 3.00. The Morgan fingerprint density at radius 1 is 1.21 bits per heavy atom. The van der Waals surface area contributed by atoms with Crippen molar-refractivity contribution in [3.05, 3.63) is 24.7 Å². The zero-order chi connectivity index (χ0) is 10.6. The number of carboxylic acids is 1. The summed E-state index contributed by atoms with van der Waals surface area (Å²) in [6.07, 6.45) is 7.80. The van der Waals surface area contributed by atoms with Crippen LogP contribution in [0.3, 0.4) is 0 Å². The molecule has 3 nitrogen and oxygen atoms in total. The van der Waals surface area contributed by atoms with Crippen molar-refractivity contribution in [3.8, 4) is 0 Å². The Labute approximate surface area is 84.7 Å². The third-order valence-electron chi connectivity index (χ3n) is 1.67. The molecule has 0 unspecified atom stereocenters. The van der Waals surface area contributed by atoms with Crippen LogP contribution in [-0.4, -0.2) is 11.1 Å². The molecule has 14 heavy (non-hydrogen) atoms. The minimum atomic E-state index is -0.675. The SMILES string of the molecule is CCCCCCC(=O)O.c1ccoc1. The maximum absolute atomic E-state index is 9.96. The highest BCUT2D eigenvalue weighted by Gasteiger charge is 1.93. The van der Waals surface area contributed by atoms with Gasteiger partial charge < -0.3 is 9.52 Å².